The molecule has 2 aromatic rings. The lowest BCUT2D eigenvalue weighted by atomic mass is 10.0. The second kappa shape index (κ2) is 9.55. The van der Waals surface area contributed by atoms with Crippen LogP contribution in [0.2, 0.25) is 0 Å². The Kier molecular flexibility index (Phi) is 6.87. The summed E-state index contributed by atoms with van der Waals surface area (Å²) >= 11 is 0. The van der Waals surface area contributed by atoms with Crippen molar-refractivity contribution in [2.24, 2.45) is 0 Å². The molecule has 1 aliphatic rings. The first-order valence-corrected chi connectivity index (χ1v) is 9.47. The Hall–Kier alpha value is -2.34. The average Bonchev–Trinajstić information content (AvgIpc) is 2.96. The van der Waals surface area contributed by atoms with Gasteiger partial charge in [0, 0.05) is 18.7 Å². The molecule has 1 amide bonds. The summed E-state index contributed by atoms with van der Waals surface area (Å²) in [4.78, 5) is 19.2. The van der Waals surface area contributed by atoms with E-state index in [1.807, 2.05) is 23.1 Å². The van der Waals surface area contributed by atoms with Crippen LogP contribution < -0.4 is 5.32 Å². The van der Waals surface area contributed by atoms with Gasteiger partial charge in [-0.2, -0.15) is 0 Å². The van der Waals surface area contributed by atoms with E-state index in [0.717, 1.165) is 50.2 Å². The van der Waals surface area contributed by atoms with Gasteiger partial charge in [0.15, 0.2) is 0 Å². The third-order valence-corrected chi connectivity index (χ3v) is 4.98. The van der Waals surface area contributed by atoms with Crippen molar-refractivity contribution in [1.82, 2.24) is 15.2 Å². The molecule has 4 nitrogen and oxygen atoms in total. The third kappa shape index (κ3) is 5.57. The third-order valence-electron chi connectivity index (χ3n) is 4.98. The number of hydrogen-bond donors (Lipinski definition) is 1. The number of nitrogens with one attached hydrogen (secondary N) is 1. The first kappa shape index (κ1) is 19.4. The first-order chi connectivity index (χ1) is 13.1. The minimum atomic E-state index is -0.487. The molecule has 0 saturated carbocycles. The van der Waals surface area contributed by atoms with Crippen LogP contribution in [0.15, 0.2) is 42.6 Å². The number of carbonyl (C=O) groups is 1. The first-order valence-electron chi connectivity index (χ1n) is 9.47. The number of hydrogen-bond acceptors (Lipinski definition) is 3. The molecule has 1 fully saturated rings. The Morgan fingerprint density at radius 3 is 2.89 bits per heavy atom. The predicted molar refractivity (Wildman–Crippen MR) is 100.0 cm³/mol. The molecule has 27 heavy (non-hydrogen) atoms. The van der Waals surface area contributed by atoms with Crippen LogP contribution >= 0.6 is 0 Å². The fourth-order valence-electron chi connectivity index (χ4n) is 3.52. The Balaban J connectivity index is 1.72. The van der Waals surface area contributed by atoms with Crippen molar-refractivity contribution in [1.29, 1.82) is 0 Å². The predicted octanol–water partition coefficient (Wildman–Crippen LogP) is 3.46. The molecule has 6 heteroatoms. The molecule has 0 bridgehead atoms. The number of benzene rings is 1. The zero-order valence-corrected chi connectivity index (χ0v) is 15.3. The lowest BCUT2D eigenvalue weighted by molar-refractivity contribution is -0.134. The summed E-state index contributed by atoms with van der Waals surface area (Å²) < 4.78 is 27.2. The van der Waals surface area contributed by atoms with Crippen LogP contribution in [0.25, 0.3) is 0 Å². The molecule has 144 valence electrons. The molecule has 1 saturated heterocycles. The van der Waals surface area contributed by atoms with E-state index in [0.29, 0.717) is 6.54 Å². The second-order valence-corrected chi connectivity index (χ2v) is 6.91. The molecule has 1 aromatic heterocycles. The standard InChI is InChI=1S/C21H25F2N3O/c22-17-7-8-20(23)16(14-17)6-9-21(27)26(15-18-4-1-2-12-25-18)19-5-3-11-24-13-10-19/h1-2,4,7-8,12,14,19,24H,3,5-6,9-11,13,15H2. The number of halogens is 2. The number of nitrogens with zero attached hydrogens (tertiary/aromatic N) is 2. The van der Waals surface area contributed by atoms with Gasteiger partial charge >= 0.3 is 0 Å². The normalized spacial score (nSPS) is 17.3. The van der Waals surface area contributed by atoms with Crippen molar-refractivity contribution in [2.75, 3.05) is 13.1 Å². The molecule has 0 radical (unpaired) electrons. The van der Waals surface area contributed by atoms with Gasteiger partial charge in [-0.05, 0) is 74.7 Å². The van der Waals surface area contributed by atoms with Gasteiger partial charge < -0.3 is 10.2 Å². The molecule has 0 aliphatic carbocycles. The number of pyridine rings is 1. The van der Waals surface area contributed by atoms with Crippen LogP contribution in [-0.4, -0.2) is 34.9 Å². The number of amides is 1. The largest absolute Gasteiger partial charge is 0.334 e. The lowest BCUT2D eigenvalue weighted by Gasteiger charge is -2.31. The van der Waals surface area contributed by atoms with Crippen molar-refractivity contribution in [3.8, 4) is 0 Å². The topological polar surface area (TPSA) is 45.2 Å². The molecule has 1 aromatic carbocycles. The van der Waals surface area contributed by atoms with E-state index in [9.17, 15) is 13.6 Å². The maximum absolute atomic E-state index is 13.9. The molecule has 2 heterocycles. The summed E-state index contributed by atoms with van der Waals surface area (Å²) in [6.45, 7) is 2.27. The summed E-state index contributed by atoms with van der Waals surface area (Å²) in [6.07, 6.45) is 4.87. The molecule has 1 N–H and O–H groups in total. The SMILES string of the molecule is O=C(CCc1cc(F)ccc1F)N(Cc1ccccn1)C1CCCNCC1. The lowest BCUT2D eigenvalue weighted by Crippen LogP contribution is -2.40. The van der Waals surface area contributed by atoms with Gasteiger partial charge in [0.25, 0.3) is 0 Å². The average molecular weight is 373 g/mol. The van der Waals surface area contributed by atoms with Gasteiger partial charge in [-0.25, -0.2) is 8.78 Å². The van der Waals surface area contributed by atoms with Crippen LogP contribution in [0, 0.1) is 11.6 Å². The van der Waals surface area contributed by atoms with E-state index in [1.54, 1.807) is 6.20 Å². The summed E-state index contributed by atoms with van der Waals surface area (Å²) in [6, 6.07) is 9.15. The minimum absolute atomic E-state index is 0.0452. The van der Waals surface area contributed by atoms with Crippen LogP contribution in [0.1, 0.15) is 36.9 Å². The van der Waals surface area contributed by atoms with E-state index in [1.165, 1.54) is 6.07 Å². The van der Waals surface area contributed by atoms with Gasteiger partial charge in [-0.1, -0.05) is 6.07 Å². The van der Waals surface area contributed by atoms with Crippen molar-refractivity contribution < 1.29 is 13.6 Å². The van der Waals surface area contributed by atoms with E-state index in [-0.39, 0.29) is 30.4 Å². The highest BCUT2D eigenvalue weighted by Gasteiger charge is 2.25. The van der Waals surface area contributed by atoms with Crippen molar-refractivity contribution in [3.63, 3.8) is 0 Å². The number of rotatable bonds is 6. The highest BCUT2D eigenvalue weighted by atomic mass is 19.1. The highest BCUT2D eigenvalue weighted by molar-refractivity contribution is 5.76. The zero-order valence-electron chi connectivity index (χ0n) is 15.3. The van der Waals surface area contributed by atoms with Gasteiger partial charge in [-0.3, -0.25) is 9.78 Å². The maximum atomic E-state index is 13.9. The molecule has 3 rings (SSSR count). The van der Waals surface area contributed by atoms with E-state index in [4.69, 9.17) is 0 Å². The van der Waals surface area contributed by atoms with Crippen molar-refractivity contribution >= 4 is 5.91 Å². The summed E-state index contributed by atoms with van der Waals surface area (Å²) in [7, 11) is 0. The zero-order chi connectivity index (χ0) is 19.1. The smallest absolute Gasteiger partial charge is 0.223 e. The second-order valence-electron chi connectivity index (χ2n) is 6.91. The fraction of sp³-hybridized carbons (Fsp3) is 0.429. The molecular weight excluding hydrogens is 348 g/mol. The Morgan fingerprint density at radius 1 is 1.19 bits per heavy atom. The number of carbonyl (C=O) groups excluding carboxylic acids is 1. The van der Waals surface area contributed by atoms with Gasteiger partial charge in [0.2, 0.25) is 5.91 Å². The summed E-state index contributed by atoms with van der Waals surface area (Å²) in [5, 5.41) is 3.36. The summed E-state index contributed by atoms with van der Waals surface area (Å²) in [5.74, 6) is -1.01. The van der Waals surface area contributed by atoms with Gasteiger partial charge in [-0.15, -0.1) is 0 Å². The van der Waals surface area contributed by atoms with E-state index < -0.39 is 11.6 Å². The van der Waals surface area contributed by atoms with Gasteiger partial charge in [0.1, 0.15) is 11.6 Å². The van der Waals surface area contributed by atoms with Gasteiger partial charge in [0.05, 0.1) is 12.2 Å². The van der Waals surface area contributed by atoms with Crippen LogP contribution in [0.4, 0.5) is 8.78 Å². The highest BCUT2D eigenvalue weighted by Crippen LogP contribution is 2.19. The fourth-order valence-corrected chi connectivity index (χ4v) is 3.52. The molecular formula is C21H25F2N3O. The summed E-state index contributed by atoms with van der Waals surface area (Å²) in [5.41, 5.74) is 1.07. The number of aryl methyl sites for hydroxylation is 1. The van der Waals surface area contributed by atoms with Crippen molar-refractivity contribution in [3.05, 3.63) is 65.5 Å². The quantitative estimate of drug-likeness (QED) is 0.843. The molecule has 1 aliphatic heterocycles. The Labute approximate surface area is 158 Å². The minimum Gasteiger partial charge on any atom is -0.334 e. The van der Waals surface area contributed by atoms with Crippen LogP contribution in [-0.2, 0) is 17.8 Å². The Bertz CT molecular complexity index is 746. The van der Waals surface area contributed by atoms with Crippen molar-refractivity contribution in [2.45, 2.75) is 44.7 Å². The van der Waals surface area contributed by atoms with E-state index in [2.05, 4.69) is 10.3 Å². The Morgan fingerprint density at radius 2 is 2.07 bits per heavy atom. The van der Waals surface area contributed by atoms with E-state index >= 15 is 0 Å². The monoisotopic (exact) mass is 373 g/mol. The van der Waals surface area contributed by atoms with Crippen LogP contribution in [0.3, 0.4) is 0 Å². The molecule has 0 spiro atoms. The number of aromatic nitrogens is 1. The van der Waals surface area contributed by atoms with Crippen LogP contribution in [0.5, 0.6) is 0 Å². The molecule has 1 atom stereocenters. The maximum Gasteiger partial charge on any atom is 0.223 e. The molecule has 1 unspecified atom stereocenters.